The van der Waals surface area contributed by atoms with E-state index in [1.54, 1.807) is 24.0 Å². The molecule has 0 saturated carbocycles. The van der Waals surface area contributed by atoms with Crippen molar-refractivity contribution in [3.63, 3.8) is 0 Å². The standard InChI is InChI=1S/C23H28N2O4/c1-5-24(2)23(27)20-14-15-21(26)25(17-8-12-19(29-4)13-9-17)22(20)16-6-10-18(28-3)11-7-16/h6-13,20,22H,5,14-15H2,1-4H3. The number of ether oxygens (including phenoxy) is 2. The topological polar surface area (TPSA) is 59.1 Å². The van der Waals surface area contributed by atoms with Gasteiger partial charge >= 0.3 is 0 Å². The van der Waals surface area contributed by atoms with Gasteiger partial charge in [-0.15, -0.1) is 0 Å². The van der Waals surface area contributed by atoms with Crippen LogP contribution in [0.15, 0.2) is 48.5 Å². The van der Waals surface area contributed by atoms with Crippen molar-refractivity contribution in [1.29, 1.82) is 0 Å². The fraction of sp³-hybridized carbons (Fsp3) is 0.391. The molecule has 2 aromatic carbocycles. The molecule has 1 heterocycles. The lowest BCUT2D eigenvalue weighted by atomic mass is 9.82. The summed E-state index contributed by atoms with van der Waals surface area (Å²) in [4.78, 5) is 29.7. The van der Waals surface area contributed by atoms with Gasteiger partial charge in [0, 0.05) is 25.7 Å². The fourth-order valence-corrected chi connectivity index (χ4v) is 3.82. The Morgan fingerprint density at radius 2 is 1.59 bits per heavy atom. The molecule has 0 radical (unpaired) electrons. The average Bonchev–Trinajstić information content (AvgIpc) is 2.78. The molecule has 29 heavy (non-hydrogen) atoms. The first-order valence-electron chi connectivity index (χ1n) is 9.85. The van der Waals surface area contributed by atoms with E-state index in [0.29, 0.717) is 19.4 Å². The Hall–Kier alpha value is -3.02. The Bertz CT molecular complexity index is 848. The second-order valence-electron chi connectivity index (χ2n) is 7.18. The highest BCUT2D eigenvalue weighted by Crippen LogP contribution is 2.41. The lowest BCUT2D eigenvalue weighted by molar-refractivity contribution is -0.137. The molecule has 0 aliphatic carbocycles. The third-order valence-corrected chi connectivity index (χ3v) is 5.57. The monoisotopic (exact) mass is 396 g/mol. The van der Waals surface area contributed by atoms with Crippen molar-refractivity contribution in [3.05, 3.63) is 54.1 Å². The SMILES string of the molecule is CCN(C)C(=O)C1CCC(=O)N(c2ccc(OC)cc2)C1c1ccc(OC)cc1. The molecule has 154 valence electrons. The van der Waals surface area contributed by atoms with E-state index in [9.17, 15) is 9.59 Å². The molecule has 2 unspecified atom stereocenters. The molecule has 1 saturated heterocycles. The number of amides is 2. The molecule has 6 nitrogen and oxygen atoms in total. The van der Waals surface area contributed by atoms with Gasteiger partial charge in [-0.3, -0.25) is 9.59 Å². The number of hydrogen-bond acceptors (Lipinski definition) is 4. The fourth-order valence-electron chi connectivity index (χ4n) is 3.82. The largest absolute Gasteiger partial charge is 0.497 e. The van der Waals surface area contributed by atoms with Gasteiger partial charge in [0.25, 0.3) is 0 Å². The first kappa shape index (κ1) is 20.7. The number of benzene rings is 2. The van der Waals surface area contributed by atoms with Crippen molar-refractivity contribution in [2.45, 2.75) is 25.8 Å². The maximum Gasteiger partial charge on any atom is 0.227 e. The summed E-state index contributed by atoms with van der Waals surface area (Å²) in [6.45, 7) is 2.58. The van der Waals surface area contributed by atoms with Gasteiger partial charge < -0.3 is 19.3 Å². The van der Waals surface area contributed by atoms with Crippen LogP contribution in [0.2, 0.25) is 0 Å². The normalized spacial score (nSPS) is 19.0. The van der Waals surface area contributed by atoms with Gasteiger partial charge in [0.2, 0.25) is 11.8 Å². The van der Waals surface area contributed by atoms with E-state index in [-0.39, 0.29) is 23.8 Å². The van der Waals surface area contributed by atoms with E-state index >= 15 is 0 Å². The van der Waals surface area contributed by atoms with E-state index in [1.165, 1.54) is 0 Å². The highest BCUT2D eigenvalue weighted by Gasteiger charge is 2.42. The minimum absolute atomic E-state index is 0.0131. The Labute approximate surface area is 172 Å². The number of piperidine rings is 1. The van der Waals surface area contributed by atoms with Crippen LogP contribution in [0.3, 0.4) is 0 Å². The third-order valence-electron chi connectivity index (χ3n) is 5.57. The van der Waals surface area contributed by atoms with Crippen LogP contribution in [-0.4, -0.2) is 44.5 Å². The third kappa shape index (κ3) is 4.21. The molecule has 1 fully saturated rings. The van der Waals surface area contributed by atoms with E-state index in [0.717, 1.165) is 22.7 Å². The van der Waals surface area contributed by atoms with Crippen molar-refractivity contribution in [2.24, 2.45) is 5.92 Å². The van der Waals surface area contributed by atoms with Crippen LogP contribution in [0.5, 0.6) is 11.5 Å². The Morgan fingerprint density at radius 1 is 1.03 bits per heavy atom. The van der Waals surface area contributed by atoms with Crippen molar-refractivity contribution < 1.29 is 19.1 Å². The molecule has 0 aromatic heterocycles. The molecule has 2 amide bonds. The summed E-state index contributed by atoms with van der Waals surface area (Å²) in [6, 6.07) is 14.6. The second kappa shape index (κ2) is 8.99. The van der Waals surface area contributed by atoms with Gasteiger partial charge in [-0.2, -0.15) is 0 Å². The molecule has 0 N–H and O–H groups in total. The summed E-state index contributed by atoms with van der Waals surface area (Å²) in [5.74, 6) is 1.21. The van der Waals surface area contributed by atoms with Crippen molar-refractivity contribution in [2.75, 3.05) is 32.7 Å². The second-order valence-corrected chi connectivity index (χ2v) is 7.18. The van der Waals surface area contributed by atoms with Crippen molar-refractivity contribution in [1.82, 2.24) is 4.90 Å². The maximum atomic E-state index is 13.2. The molecule has 1 aliphatic heterocycles. The smallest absolute Gasteiger partial charge is 0.227 e. The van der Waals surface area contributed by atoms with E-state index < -0.39 is 0 Å². The van der Waals surface area contributed by atoms with Gasteiger partial charge in [-0.05, 0) is 55.3 Å². The summed E-state index contributed by atoms with van der Waals surface area (Å²) in [5, 5.41) is 0. The lowest BCUT2D eigenvalue weighted by Crippen LogP contribution is -2.48. The van der Waals surface area contributed by atoms with Crippen LogP contribution in [0.4, 0.5) is 5.69 Å². The van der Waals surface area contributed by atoms with Crippen LogP contribution in [-0.2, 0) is 9.59 Å². The zero-order valence-electron chi connectivity index (χ0n) is 17.4. The number of anilines is 1. The quantitative estimate of drug-likeness (QED) is 0.748. The van der Waals surface area contributed by atoms with E-state index in [2.05, 4.69) is 0 Å². The summed E-state index contributed by atoms with van der Waals surface area (Å²) in [5.41, 5.74) is 1.67. The van der Waals surface area contributed by atoms with Gasteiger partial charge in [-0.25, -0.2) is 0 Å². The molecule has 0 spiro atoms. The molecular formula is C23H28N2O4. The van der Waals surface area contributed by atoms with Gasteiger partial charge in [0.1, 0.15) is 11.5 Å². The number of carbonyl (C=O) groups excluding carboxylic acids is 2. The Kier molecular flexibility index (Phi) is 6.42. The highest BCUT2D eigenvalue weighted by molar-refractivity contribution is 5.97. The zero-order chi connectivity index (χ0) is 21.0. The predicted octanol–water partition coefficient (Wildman–Crippen LogP) is 3.67. The van der Waals surface area contributed by atoms with Crippen LogP contribution < -0.4 is 14.4 Å². The minimum Gasteiger partial charge on any atom is -0.497 e. The maximum absolute atomic E-state index is 13.2. The minimum atomic E-state index is -0.378. The van der Waals surface area contributed by atoms with Crippen LogP contribution in [0.1, 0.15) is 31.4 Å². The summed E-state index contributed by atoms with van der Waals surface area (Å²) in [6.07, 6.45) is 0.873. The first-order valence-corrected chi connectivity index (χ1v) is 9.85. The van der Waals surface area contributed by atoms with Gasteiger partial charge in [0.15, 0.2) is 0 Å². The molecule has 6 heteroatoms. The molecule has 2 atom stereocenters. The molecular weight excluding hydrogens is 368 g/mol. The van der Waals surface area contributed by atoms with Crippen molar-refractivity contribution in [3.8, 4) is 11.5 Å². The first-order chi connectivity index (χ1) is 14.0. The summed E-state index contributed by atoms with van der Waals surface area (Å²) < 4.78 is 10.5. The number of hydrogen-bond donors (Lipinski definition) is 0. The number of methoxy groups -OCH3 is 2. The van der Waals surface area contributed by atoms with Crippen LogP contribution in [0, 0.1) is 5.92 Å². The Balaban J connectivity index is 2.07. The average molecular weight is 396 g/mol. The number of carbonyl (C=O) groups is 2. The summed E-state index contributed by atoms with van der Waals surface area (Å²) in [7, 11) is 5.03. The molecule has 0 bridgehead atoms. The molecule has 2 aromatic rings. The van der Waals surface area contributed by atoms with Crippen molar-refractivity contribution >= 4 is 17.5 Å². The number of rotatable bonds is 6. The summed E-state index contributed by atoms with van der Waals surface area (Å²) >= 11 is 0. The zero-order valence-corrected chi connectivity index (χ0v) is 17.4. The Morgan fingerprint density at radius 3 is 2.10 bits per heavy atom. The lowest BCUT2D eigenvalue weighted by Gasteiger charge is -2.42. The van der Waals surface area contributed by atoms with Gasteiger partial charge in [-0.1, -0.05) is 12.1 Å². The van der Waals surface area contributed by atoms with E-state index in [4.69, 9.17) is 9.47 Å². The van der Waals surface area contributed by atoms with Gasteiger partial charge in [0.05, 0.1) is 26.2 Å². The van der Waals surface area contributed by atoms with Crippen LogP contribution >= 0.6 is 0 Å². The molecule has 1 aliphatic rings. The van der Waals surface area contributed by atoms with E-state index in [1.807, 2.05) is 62.5 Å². The van der Waals surface area contributed by atoms with Crippen LogP contribution in [0.25, 0.3) is 0 Å². The molecule has 3 rings (SSSR count). The predicted molar refractivity (Wildman–Crippen MR) is 112 cm³/mol. The highest BCUT2D eigenvalue weighted by atomic mass is 16.5. The number of nitrogens with zero attached hydrogens (tertiary/aromatic N) is 2.